The van der Waals surface area contributed by atoms with Crippen LogP contribution in [0.1, 0.15) is 11.1 Å². The Morgan fingerprint density at radius 3 is 1.61 bits per heavy atom. The van der Waals surface area contributed by atoms with Gasteiger partial charge in [-0.1, -0.05) is 176 Å². The molecule has 10 aromatic carbocycles. The zero-order valence-electron chi connectivity index (χ0n) is 27.0. The molecule has 0 heterocycles. The predicted octanol–water partition coefficient (Wildman–Crippen LogP) is 13.7. The molecule has 10 rings (SSSR count). The zero-order chi connectivity index (χ0) is 32.3. The summed E-state index contributed by atoms with van der Waals surface area (Å²) in [5, 5.41) is 18.3. The summed E-state index contributed by atoms with van der Waals surface area (Å²) in [6.45, 7) is 0. The lowest BCUT2D eigenvalue weighted by atomic mass is 9.85. The fourth-order valence-electron chi connectivity index (χ4n) is 8.38. The standard InChI is InChI=1S/C49H32/c1-2-16-33(17-3-1)47-43-26-12-9-23-39(43)40(45-30-29-32-15-4-5-20-36(32)49(45)47)28-14-18-34-31-46-41-24-8-7-21-37(41)38-22-10-13-27-44(38)48(46)42-25-11-6-19-35(34)42/h1-17,19-31H,18H2/b28-14+. The lowest BCUT2D eigenvalue weighted by Gasteiger charge is -2.18. The van der Waals surface area contributed by atoms with E-state index in [0.717, 1.165) is 6.42 Å². The first-order chi connectivity index (χ1) is 24.3. The molecule has 0 atom stereocenters. The minimum Gasteiger partial charge on any atom is -0.0795 e. The maximum atomic E-state index is 2.46. The van der Waals surface area contributed by atoms with Crippen LogP contribution in [0.3, 0.4) is 0 Å². The normalized spacial score (nSPS) is 12.1. The summed E-state index contributed by atoms with van der Waals surface area (Å²) in [5.41, 5.74) is 5.18. The fraction of sp³-hybridized carbons (Fsp3) is 0.0204. The number of benzene rings is 10. The summed E-state index contributed by atoms with van der Waals surface area (Å²) in [5.74, 6) is 0. The molecule has 0 bridgehead atoms. The monoisotopic (exact) mass is 620 g/mol. The van der Waals surface area contributed by atoms with Crippen molar-refractivity contribution in [1.82, 2.24) is 0 Å². The minimum absolute atomic E-state index is 0.835. The molecule has 0 heteroatoms. The Labute approximate surface area is 285 Å². The van der Waals surface area contributed by atoms with Crippen LogP contribution in [0, 0.1) is 0 Å². The number of fused-ring (bicyclic) bond motifs is 12. The van der Waals surface area contributed by atoms with Crippen molar-refractivity contribution in [1.29, 1.82) is 0 Å². The van der Waals surface area contributed by atoms with E-state index in [4.69, 9.17) is 0 Å². The van der Waals surface area contributed by atoms with Crippen molar-refractivity contribution >= 4 is 81.5 Å². The Hall–Kier alpha value is -6.24. The average molecular weight is 621 g/mol. The van der Waals surface area contributed by atoms with Gasteiger partial charge in [0, 0.05) is 0 Å². The molecule has 0 aliphatic rings. The van der Waals surface area contributed by atoms with E-state index in [1.165, 1.54) is 97.7 Å². The zero-order valence-corrected chi connectivity index (χ0v) is 27.0. The molecule has 10 aromatic rings. The van der Waals surface area contributed by atoms with Crippen LogP contribution in [0.25, 0.3) is 92.6 Å². The first-order valence-corrected chi connectivity index (χ1v) is 17.2. The molecule has 0 fully saturated rings. The molecule has 0 nitrogen and oxygen atoms in total. The molecule has 0 aromatic heterocycles. The van der Waals surface area contributed by atoms with E-state index in [9.17, 15) is 0 Å². The first-order valence-electron chi connectivity index (χ1n) is 17.2. The van der Waals surface area contributed by atoms with Gasteiger partial charge >= 0.3 is 0 Å². The van der Waals surface area contributed by atoms with Crippen molar-refractivity contribution in [2.24, 2.45) is 0 Å². The molecular formula is C49H32. The summed E-state index contributed by atoms with van der Waals surface area (Å²) in [6.07, 6.45) is 5.60. The van der Waals surface area contributed by atoms with E-state index in [2.05, 4.69) is 182 Å². The van der Waals surface area contributed by atoms with Gasteiger partial charge in [0.25, 0.3) is 0 Å². The quantitative estimate of drug-likeness (QED) is 0.136. The van der Waals surface area contributed by atoms with Crippen LogP contribution in [0.15, 0.2) is 176 Å². The third kappa shape index (κ3) is 4.31. The highest BCUT2D eigenvalue weighted by Gasteiger charge is 2.17. The van der Waals surface area contributed by atoms with Crippen LogP contribution in [-0.2, 0) is 6.42 Å². The lowest BCUT2D eigenvalue weighted by molar-refractivity contribution is 1.32. The van der Waals surface area contributed by atoms with Gasteiger partial charge in [0.2, 0.25) is 0 Å². The third-order valence-corrected chi connectivity index (χ3v) is 10.5. The van der Waals surface area contributed by atoms with E-state index in [-0.39, 0.29) is 0 Å². The van der Waals surface area contributed by atoms with Crippen LogP contribution in [0.4, 0.5) is 0 Å². The van der Waals surface area contributed by atoms with Gasteiger partial charge in [0.1, 0.15) is 0 Å². The topological polar surface area (TPSA) is 0 Å². The Bertz CT molecular complexity index is 2950. The molecule has 0 saturated heterocycles. The third-order valence-electron chi connectivity index (χ3n) is 10.5. The number of allylic oxidation sites excluding steroid dienone is 1. The molecule has 0 aliphatic heterocycles. The van der Waals surface area contributed by atoms with Gasteiger partial charge in [-0.3, -0.25) is 0 Å². The van der Waals surface area contributed by atoms with Crippen LogP contribution >= 0.6 is 0 Å². The molecule has 0 spiro atoms. The van der Waals surface area contributed by atoms with Gasteiger partial charge in [0.15, 0.2) is 0 Å². The van der Waals surface area contributed by atoms with Crippen LogP contribution in [0.2, 0.25) is 0 Å². The molecular weight excluding hydrogens is 589 g/mol. The molecule has 0 saturated carbocycles. The molecule has 0 unspecified atom stereocenters. The highest BCUT2D eigenvalue weighted by Crippen LogP contribution is 2.44. The second kappa shape index (κ2) is 11.2. The summed E-state index contributed by atoms with van der Waals surface area (Å²) in [6, 6.07) is 62.4. The predicted molar refractivity (Wildman–Crippen MR) is 214 cm³/mol. The van der Waals surface area contributed by atoms with Crippen molar-refractivity contribution in [2.75, 3.05) is 0 Å². The van der Waals surface area contributed by atoms with Gasteiger partial charge in [-0.2, -0.15) is 0 Å². The van der Waals surface area contributed by atoms with E-state index in [0.29, 0.717) is 0 Å². The van der Waals surface area contributed by atoms with E-state index in [1.54, 1.807) is 0 Å². The summed E-state index contributed by atoms with van der Waals surface area (Å²) in [4.78, 5) is 0. The Balaban J connectivity index is 1.22. The number of hydrogen-bond acceptors (Lipinski definition) is 0. The lowest BCUT2D eigenvalue weighted by Crippen LogP contribution is -1.92. The van der Waals surface area contributed by atoms with Crippen molar-refractivity contribution in [3.63, 3.8) is 0 Å². The smallest absolute Gasteiger partial charge is 0.00143 e. The van der Waals surface area contributed by atoms with Crippen molar-refractivity contribution in [3.05, 3.63) is 187 Å². The second-order valence-electron chi connectivity index (χ2n) is 13.1. The summed E-state index contributed by atoms with van der Waals surface area (Å²) >= 11 is 0. The van der Waals surface area contributed by atoms with E-state index >= 15 is 0 Å². The molecule has 0 N–H and O–H groups in total. The van der Waals surface area contributed by atoms with Crippen LogP contribution in [0.5, 0.6) is 0 Å². The van der Waals surface area contributed by atoms with Crippen LogP contribution in [-0.4, -0.2) is 0 Å². The summed E-state index contributed by atoms with van der Waals surface area (Å²) < 4.78 is 0. The van der Waals surface area contributed by atoms with Crippen LogP contribution < -0.4 is 0 Å². The molecule has 0 radical (unpaired) electrons. The Morgan fingerprint density at radius 2 is 0.878 bits per heavy atom. The molecule has 49 heavy (non-hydrogen) atoms. The fourth-order valence-corrected chi connectivity index (χ4v) is 8.38. The SMILES string of the molecule is C(=C\c1c2ccccc2c(-c2ccccc2)c2c1ccc1ccccc12)/Cc1cc2c3ccccc3c3ccccc3c2c2ccccc12. The van der Waals surface area contributed by atoms with Gasteiger partial charge in [-0.15, -0.1) is 0 Å². The maximum absolute atomic E-state index is 2.46. The Morgan fingerprint density at radius 1 is 0.347 bits per heavy atom. The van der Waals surface area contributed by atoms with Gasteiger partial charge in [-0.05, 0) is 110 Å². The average Bonchev–Trinajstić information content (AvgIpc) is 3.18. The number of hydrogen-bond donors (Lipinski definition) is 0. The molecule has 0 amide bonds. The largest absolute Gasteiger partial charge is 0.0795 e. The molecule has 0 aliphatic carbocycles. The Kier molecular flexibility index (Phi) is 6.35. The molecule has 228 valence electrons. The minimum atomic E-state index is 0.835. The first kappa shape index (κ1) is 27.8. The van der Waals surface area contributed by atoms with Gasteiger partial charge in [-0.25, -0.2) is 0 Å². The van der Waals surface area contributed by atoms with Crippen molar-refractivity contribution in [3.8, 4) is 11.1 Å². The summed E-state index contributed by atoms with van der Waals surface area (Å²) in [7, 11) is 0. The highest BCUT2D eigenvalue weighted by molar-refractivity contribution is 6.32. The second-order valence-corrected chi connectivity index (χ2v) is 13.1. The maximum Gasteiger partial charge on any atom is -0.00143 e. The highest BCUT2D eigenvalue weighted by atomic mass is 14.2. The van der Waals surface area contributed by atoms with Crippen molar-refractivity contribution in [2.45, 2.75) is 6.42 Å². The van der Waals surface area contributed by atoms with Gasteiger partial charge in [0.05, 0.1) is 0 Å². The van der Waals surface area contributed by atoms with Crippen molar-refractivity contribution < 1.29 is 0 Å². The van der Waals surface area contributed by atoms with E-state index in [1.807, 2.05) is 0 Å². The van der Waals surface area contributed by atoms with Gasteiger partial charge < -0.3 is 0 Å². The van der Waals surface area contributed by atoms with E-state index < -0.39 is 0 Å². The number of rotatable bonds is 4.